The Labute approximate surface area is 133 Å². The number of halogens is 2. The summed E-state index contributed by atoms with van der Waals surface area (Å²) in [5.41, 5.74) is 1.15. The van der Waals surface area contributed by atoms with E-state index in [2.05, 4.69) is 22.0 Å². The van der Waals surface area contributed by atoms with Crippen molar-refractivity contribution in [3.8, 4) is 11.5 Å². The van der Waals surface area contributed by atoms with Crippen LogP contribution in [0.4, 0.5) is 0 Å². The Morgan fingerprint density at radius 3 is 2.55 bits per heavy atom. The number of rotatable bonds is 4. The van der Waals surface area contributed by atoms with Crippen LogP contribution in [-0.2, 0) is 0 Å². The number of ether oxygens (including phenoxy) is 2. The zero-order chi connectivity index (χ0) is 14.3. The zero-order valence-electron chi connectivity index (χ0n) is 11.9. The lowest BCUT2D eigenvalue weighted by Gasteiger charge is -2.28. The van der Waals surface area contributed by atoms with Gasteiger partial charge in [-0.05, 0) is 43.1 Å². The molecule has 0 heterocycles. The van der Waals surface area contributed by atoms with E-state index in [-0.39, 0.29) is 0 Å². The van der Waals surface area contributed by atoms with Crippen molar-refractivity contribution in [1.82, 2.24) is 0 Å². The largest absolute Gasteiger partial charge is 0.495 e. The van der Waals surface area contributed by atoms with Crippen molar-refractivity contribution in [3.05, 3.63) is 22.7 Å². The van der Waals surface area contributed by atoms with Crippen LogP contribution in [0.25, 0.3) is 0 Å². The van der Waals surface area contributed by atoms with E-state index in [4.69, 9.17) is 21.1 Å². The first-order valence-electron chi connectivity index (χ1n) is 7.20. The van der Waals surface area contributed by atoms with Crippen LogP contribution >= 0.6 is 27.5 Å². The van der Waals surface area contributed by atoms with E-state index in [1.54, 1.807) is 14.2 Å². The molecule has 0 radical (unpaired) electrons. The van der Waals surface area contributed by atoms with Crippen molar-refractivity contribution >= 4 is 27.5 Å². The van der Waals surface area contributed by atoms with Gasteiger partial charge in [-0.25, -0.2) is 0 Å². The smallest absolute Gasteiger partial charge is 0.145 e. The van der Waals surface area contributed by atoms with Crippen LogP contribution in [0, 0.1) is 17.8 Å². The number of methoxy groups -OCH3 is 2. The summed E-state index contributed by atoms with van der Waals surface area (Å²) in [6.45, 7) is 0. The first-order chi connectivity index (χ1) is 9.65. The van der Waals surface area contributed by atoms with Crippen LogP contribution in [0.3, 0.4) is 0 Å². The molecule has 2 saturated carbocycles. The molecule has 2 fully saturated rings. The molecule has 2 bridgehead atoms. The zero-order valence-corrected chi connectivity index (χ0v) is 14.2. The molecular weight excluding hydrogens is 340 g/mol. The molecule has 4 atom stereocenters. The Kier molecular flexibility index (Phi) is 4.19. The van der Waals surface area contributed by atoms with Crippen molar-refractivity contribution in [2.24, 2.45) is 17.8 Å². The molecule has 3 rings (SSSR count). The average molecular weight is 360 g/mol. The van der Waals surface area contributed by atoms with Gasteiger partial charge in [-0.3, -0.25) is 0 Å². The van der Waals surface area contributed by atoms with Gasteiger partial charge >= 0.3 is 0 Å². The molecule has 0 saturated heterocycles. The molecule has 0 aliphatic heterocycles. The normalized spacial score (nSPS) is 29.5. The van der Waals surface area contributed by atoms with E-state index >= 15 is 0 Å². The van der Waals surface area contributed by atoms with E-state index in [1.165, 1.54) is 25.7 Å². The maximum atomic E-state index is 6.37. The Hall–Kier alpha value is -0.410. The van der Waals surface area contributed by atoms with E-state index in [0.29, 0.717) is 21.5 Å². The third-order valence-electron chi connectivity index (χ3n) is 4.98. The van der Waals surface area contributed by atoms with Crippen LogP contribution in [0.5, 0.6) is 11.5 Å². The molecule has 0 spiro atoms. The van der Waals surface area contributed by atoms with Gasteiger partial charge in [0.1, 0.15) is 16.5 Å². The maximum absolute atomic E-state index is 6.37. The van der Waals surface area contributed by atoms with Gasteiger partial charge in [-0.1, -0.05) is 40.0 Å². The second-order valence-corrected chi connectivity index (χ2v) is 7.31. The molecule has 1 aromatic rings. The minimum absolute atomic E-state index is 0.316. The van der Waals surface area contributed by atoms with Crippen molar-refractivity contribution < 1.29 is 9.47 Å². The second-order valence-electron chi connectivity index (χ2n) is 5.94. The molecule has 2 nitrogen and oxygen atoms in total. The Balaban J connectivity index is 1.91. The summed E-state index contributed by atoms with van der Waals surface area (Å²) in [5, 5.41) is 0.570. The van der Waals surface area contributed by atoms with E-state index in [9.17, 15) is 0 Å². The number of benzene rings is 1. The summed E-state index contributed by atoms with van der Waals surface area (Å²) in [6.07, 6.45) is 5.53. The lowest BCUT2D eigenvalue weighted by molar-refractivity contribution is 0.323. The summed E-state index contributed by atoms with van der Waals surface area (Å²) >= 11 is 10.3. The molecule has 0 aromatic heterocycles. The van der Waals surface area contributed by atoms with Gasteiger partial charge in [0.05, 0.1) is 14.2 Å². The first-order valence-corrected chi connectivity index (χ1v) is 8.49. The number of alkyl halides is 1. The average Bonchev–Trinajstić information content (AvgIpc) is 3.08. The maximum Gasteiger partial charge on any atom is 0.145 e. The Morgan fingerprint density at radius 2 is 2.00 bits per heavy atom. The van der Waals surface area contributed by atoms with Crippen LogP contribution < -0.4 is 9.47 Å². The molecule has 0 amide bonds. The fraction of sp³-hybridized carbons (Fsp3) is 0.625. The van der Waals surface area contributed by atoms with Crippen molar-refractivity contribution in [2.75, 3.05) is 14.2 Å². The predicted molar refractivity (Wildman–Crippen MR) is 85.2 cm³/mol. The van der Waals surface area contributed by atoms with Crippen molar-refractivity contribution in [2.45, 2.75) is 30.5 Å². The van der Waals surface area contributed by atoms with Crippen molar-refractivity contribution in [1.29, 1.82) is 0 Å². The molecule has 20 heavy (non-hydrogen) atoms. The molecule has 4 unspecified atom stereocenters. The highest BCUT2D eigenvalue weighted by molar-refractivity contribution is 9.09. The van der Waals surface area contributed by atoms with Gasteiger partial charge in [-0.2, -0.15) is 0 Å². The third kappa shape index (κ3) is 2.33. The fourth-order valence-corrected chi connectivity index (χ4v) is 5.35. The fourth-order valence-electron chi connectivity index (χ4n) is 4.02. The molecular formula is C16H20BrClO2. The van der Waals surface area contributed by atoms with E-state index < -0.39 is 0 Å². The number of hydrogen-bond donors (Lipinski definition) is 0. The number of hydrogen-bond acceptors (Lipinski definition) is 2. The predicted octanol–water partition coefficient (Wildman–Crippen LogP) is 5.23. The monoisotopic (exact) mass is 358 g/mol. The summed E-state index contributed by atoms with van der Waals surface area (Å²) in [4.78, 5) is 0.316. The highest BCUT2D eigenvalue weighted by atomic mass is 79.9. The second kappa shape index (κ2) is 5.76. The molecule has 110 valence electrons. The molecule has 0 N–H and O–H groups in total. The summed E-state index contributed by atoms with van der Waals surface area (Å²) in [5.74, 6) is 3.91. The lowest BCUT2D eigenvalue weighted by Crippen LogP contribution is -2.16. The molecule has 2 aliphatic rings. The minimum Gasteiger partial charge on any atom is -0.495 e. The van der Waals surface area contributed by atoms with Crippen LogP contribution in [0.15, 0.2) is 12.1 Å². The highest BCUT2D eigenvalue weighted by Crippen LogP contribution is 2.56. The molecule has 4 heteroatoms. The minimum atomic E-state index is 0.316. The standard InChI is InChI=1S/C16H20BrClO2/c1-19-13-6-5-11(16(20-2)15(13)18)14(17)12-8-9-3-4-10(12)7-9/h5-6,9-10,12,14H,3-4,7-8H2,1-2H3. The topological polar surface area (TPSA) is 18.5 Å². The highest BCUT2D eigenvalue weighted by Gasteiger charge is 2.43. The SMILES string of the molecule is COc1ccc(C(Br)C2CC3CCC2C3)c(OC)c1Cl. The van der Waals surface area contributed by atoms with Gasteiger partial charge < -0.3 is 9.47 Å². The van der Waals surface area contributed by atoms with Gasteiger partial charge in [0.2, 0.25) is 0 Å². The quantitative estimate of drug-likeness (QED) is 0.685. The van der Waals surface area contributed by atoms with Crippen LogP contribution in [0.2, 0.25) is 5.02 Å². The van der Waals surface area contributed by atoms with Gasteiger partial charge in [0, 0.05) is 10.4 Å². The number of fused-ring (bicyclic) bond motifs is 2. The van der Waals surface area contributed by atoms with Crippen LogP contribution in [-0.4, -0.2) is 14.2 Å². The van der Waals surface area contributed by atoms with E-state index in [0.717, 1.165) is 23.1 Å². The summed E-state index contributed by atoms with van der Waals surface area (Å²) in [7, 11) is 3.30. The summed E-state index contributed by atoms with van der Waals surface area (Å²) in [6, 6.07) is 4.01. The Morgan fingerprint density at radius 1 is 1.20 bits per heavy atom. The van der Waals surface area contributed by atoms with Crippen molar-refractivity contribution in [3.63, 3.8) is 0 Å². The third-order valence-corrected chi connectivity index (χ3v) is 6.51. The van der Waals surface area contributed by atoms with Gasteiger partial charge in [-0.15, -0.1) is 0 Å². The molecule has 1 aromatic carbocycles. The first kappa shape index (κ1) is 14.5. The Bertz CT molecular complexity index is 505. The van der Waals surface area contributed by atoms with E-state index in [1.807, 2.05) is 6.07 Å². The molecule has 2 aliphatic carbocycles. The van der Waals surface area contributed by atoms with Crippen LogP contribution in [0.1, 0.15) is 36.1 Å². The van der Waals surface area contributed by atoms with Gasteiger partial charge in [0.25, 0.3) is 0 Å². The summed E-state index contributed by atoms with van der Waals surface area (Å²) < 4.78 is 10.8. The van der Waals surface area contributed by atoms with Gasteiger partial charge in [0.15, 0.2) is 0 Å². The lowest BCUT2D eigenvalue weighted by atomic mass is 9.84.